The second kappa shape index (κ2) is 12.9. The summed E-state index contributed by atoms with van der Waals surface area (Å²) in [6, 6.07) is 67.6. The van der Waals surface area contributed by atoms with Crippen LogP contribution < -0.4 is 0 Å². The Labute approximate surface area is 310 Å². The van der Waals surface area contributed by atoms with Gasteiger partial charge in [0.2, 0.25) is 0 Å². The van der Waals surface area contributed by atoms with E-state index in [1.165, 1.54) is 61.2 Å². The molecule has 0 saturated carbocycles. The maximum absolute atomic E-state index is 14.2. The first-order chi connectivity index (χ1) is 26.2. The molecule has 0 saturated heterocycles. The largest absolute Gasteiger partial charge is 0.294 e. The molecular formula is C52H36O. The van der Waals surface area contributed by atoms with Crippen molar-refractivity contribution in [2.75, 3.05) is 0 Å². The summed E-state index contributed by atoms with van der Waals surface area (Å²) in [5.74, 6) is 0.321. The smallest absolute Gasteiger partial charge is 0.164 e. The lowest BCUT2D eigenvalue weighted by atomic mass is 9.73. The van der Waals surface area contributed by atoms with Crippen LogP contribution in [0.4, 0.5) is 0 Å². The van der Waals surface area contributed by atoms with Crippen molar-refractivity contribution in [3.05, 3.63) is 205 Å². The van der Waals surface area contributed by atoms with Crippen molar-refractivity contribution in [3.63, 3.8) is 0 Å². The molecule has 1 heteroatoms. The topological polar surface area (TPSA) is 17.1 Å². The lowest BCUT2D eigenvalue weighted by Gasteiger charge is -2.30. The molecule has 0 spiro atoms. The predicted octanol–water partition coefficient (Wildman–Crippen LogP) is 13.6. The van der Waals surface area contributed by atoms with Crippen LogP contribution in [-0.2, 0) is 6.42 Å². The van der Waals surface area contributed by atoms with Gasteiger partial charge in [-0.05, 0) is 138 Å². The molecule has 2 aliphatic carbocycles. The fraction of sp³-hybridized carbons (Fsp3) is 0.0577. The molecule has 8 aromatic carbocycles. The Balaban J connectivity index is 1.20. The molecule has 0 N–H and O–H groups in total. The maximum Gasteiger partial charge on any atom is 0.164 e. The molecule has 1 atom stereocenters. The van der Waals surface area contributed by atoms with Gasteiger partial charge in [0, 0.05) is 12.0 Å². The Bertz CT molecular complexity index is 2670. The highest BCUT2D eigenvalue weighted by Gasteiger charge is 2.34. The van der Waals surface area contributed by atoms with Gasteiger partial charge in [0.1, 0.15) is 0 Å². The summed E-state index contributed by atoms with van der Waals surface area (Å²) in [6.07, 6.45) is 1.34. The fourth-order valence-electron chi connectivity index (χ4n) is 8.60. The fourth-order valence-corrected chi connectivity index (χ4v) is 8.60. The summed E-state index contributed by atoms with van der Waals surface area (Å²) in [6.45, 7) is 0. The molecule has 1 unspecified atom stereocenters. The molecule has 0 radical (unpaired) electrons. The zero-order chi connectivity index (χ0) is 35.3. The molecule has 1 nitrogen and oxygen atoms in total. The van der Waals surface area contributed by atoms with Gasteiger partial charge in [0.15, 0.2) is 5.78 Å². The molecule has 250 valence electrons. The third-order valence-electron chi connectivity index (χ3n) is 11.2. The van der Waals surface area contributed by atoms with Crippen molar-refractivity contribution in [1.29, 1.82) is 0 Å². The Kier molecular flexibility index (Phi) is 7.58. The monoisotopic (exact) mass is 676 g/mol. The van der Waals surface area contributed by atoms with E-state index in [1.807, 2.05) is 6.07 Å². The number of carbonyl (C=O) groups excluding carboxylic acids is 1. The highest BCUT2D eigenvalue weighted by Crippen LogP contribution is 2.51. The van der Waals surface area contributed by atoms with Crippen LogP contribution in [0.15, 0.2) is 188 Å². The van der Waals surface area contributed by atoms with Crippen LogP contribution >= 0.6 is 0 Å². The van der Waals surface area contributed by atoms with Gasteiger partial charge in [-0.25, -0.2) is 0 Å². The summed E-state index contributed by atoms with van der Waals surface area (Å²) in [5, 5.41) is 0. The van der Waals surface area contributed by atoms with Crippen molar-refractivity contribution in [2.24, 2.45) is 0 Å². The molecule has 0 aliphatic heterocycles. The first kappa shape index (κ1) is 31.2. The molecule has 0 aromatic heterocycles. The highest BCUT2D eigenvalue weighted by molar-refractivity contribution is 6.07. The molecule has 0 amide bonds. The van der Waals surface area contributed by atoms with Crippen molar-refractivity contribution in [3.8, 4) is 77.9 Å². The first-order valence-corrected chi connectivity index (χ1v) is 18.5. The van der Waals surface area contributed by atoms with E-state index >= 15 is 0 Å². The normalized spacial score (nSPS) is 14.1. The summed E-state index contributed by atoms with van der Waals surface area (Å²) >= 11 is 0. The van der Waals surface area contributed by atoms with Gasteiger partial charge in [-0.3, -0.25) is 4.79 Å². The van der Waals surface area contributed by atoms with Crippen LogP contribution in [0, 0.1) is 0 Å². The average Bonchev–Trinajstić information content (AvgIpc) is 3.35. The molecule has 53 heavy (non-hydrogen) atoms. The number of carbonyl (C=O) groups is 1. The van der Waals surface area contributed by atoms with E-state index in [-0.39, 0.29) is 11.7 Å². The molecular weight excluding hydrogens is 641 g/mol. The molecule has 10 rings (SSSR count). The highest BCUT2D eigenvalue weighted by atomic mass is 16.1. The average molecular weight is 677 g/mol. The van der Waals surface area contributed by atoms with E-state index in [9.17, 15) is 4.79 Å². The van der Waals surface area contributed by atoms with E-state index in [0.29, 0.717) is 6.42 Å². The van der Waals surface area contributed by atoms with Crippen molar-refractivity contribution in [1.82, 2.24) is 0 Å². The minimum Gasteiger partial charge on any atom is -0.294 e. The number of benzene rings is 8. The van der Waals surface area contributed by atoms with Gasteiger partial charge in [-0.2, -0.15) is 0 Å². The second-order valence-electron chi connectivity index (χ2n) is 14.4. The zero-order valence-corrected chi connectivity index (χ0v) is 29.3. The number of hydrogen-bond donors (Lipinski definition) is 0. The molecule has 0 heterocycles. The standard InChI is InChI=1S/C52H36O/c53-51-33-45-28-43-23-22-42(39-20-10-18-37(26-39)34-12-4-1-5-13-34)29-47(43)49-31-44(40-21-11-19-38(27-40)35-14-6-2-7-15-35)32-50(52(45)49)48-30-41(24-25-46(48)51)36-16-8-3-9-17-36/h1-27,29-32,45H,28,33H2. The van der Waals surface area contributed by atoms with E-state index in [0.717, 1.165) is 39.8 Å². The molecule has 2 aliphatic rings. The van der Waals surface area contributed by atoms with Crippen LogP contribution in [0.1, 0.15) is 33.8 Å². The van der Waals surface area contributed by atoms with Crippen LogP contribution in [-0.4, -0.2) is 5.78 Å². The Hall–Kier alpha value is -6.57. The van der Waals surface area contributed by atoms with E-state index < -0.39 is 0 Å². The van der Waals surface area contributed by atoms with Gasteiger partial charge in [0.25, 0.3) is 0 Å². The molecule has 8 aromatic rings. The summed E-state index contributed by atoms with van der Waals surface area (Å²) in [5.41, 5.74) is 19.9. The number of rotatable bonds is 5. The minimum atomic E-state index is 0.101. The summed E-state index contributed by atoms with van der Waals surface area (Å²) in [7, 11) is 0. The van der Waals surface area contributed by atoms with Gasteiger partial charge >= 0.3 is 0 Å². The maximum atomic E-state index is 14.2. The summed E-state index contributed by atoms with van der Waals surface area (Å²) < 4.78 is 0. The Morgan fingerprint density at radius 3 is 1.30 bits per heavy atom. The SMILES string of the molecule is O=C1CC2Cc3ccc(-c4cccc(-c5ccccc5)c4)cc3-c3cc(-c4cccc(-c5ccccc5)c4)cc(c32)-c2cc(-c3ccccc3)ccc21. The van der Waals surface area contributed by atoms with Gasteiger partial charge in [-0.15, -0.1) is 0 Å². The van der Waals surface area contributed by atoms with Crippen LogP contribution in [0.5, 0.6) is 0 Å². The van der Waals surface area contributed by atoms with Crippen LogP contribution in [0.25, 0.3) is 77.9 Å². The lowest BCUT2D eigenvalue weighted by molar-refractivity contribution is 0.0975. The number of ketones is 1. The van der Waals surface area contributed by atoms with Gasteiger partial charge < -0.3 is 0 Å². The van der Waals surface area contributed by atoms with E-state index in [2.05, 4.69) is 182 Å². The minimum absolute atomic E-state index is 0.101. The van der Waals surface area contributed by atoms with Crippen molar-refractivity contribution < 1.29 is 4.79 Å². The molecule has 0 fully saturated rings. The zero-order valence-electron chi connectivity index (χ0n) is 29.3. The quantitative estimate of drug-likeness (QED) is 0.177. The van der Waals surface area contributed by atoms with Gasteiger partial charge in [-0.1, -0.05) is 152 Å². The van der Waals surface area contributed by atoms with Crippen molar-refractivity contribution >= 4 is 5.78 Å². The Morgan fingerprint density at radius 2 is 0.717 bits per heavy atom. The predicted molar refractivity (Wildman–Crippen MR) is 220 cm³/mol. The van der Waals surface area contributed by atoms with Crippen LogP contribution in [0.2, 0.25) is 0 Å². The number of hydrogen-bond acceptors (Lipinski definition) is 1. The van der Waals surface area contributed by atoms with E-state index in [1.54, 1.807) is 0 Å². The lowest BCUT2D eigenvalue weighted by Crippen LogP contribution is -2.14. The molecule has 0 bridgehead atoms. The third-order valence-corrected chi connectivity index (χ3v) is 11.2. The van der Waals surface area contributed by atoms with Gasteiger partial charge in [0.05, 0.1) is 0 Å². The first-order valence-electron chi connectivity index (χ1n) is 18.5. The van der Waals surface area contributed by atoms with Crippen molar-refractivity contribution in [2.45, 2.75) is 18.8 Å². The summed E-state index contributed by atoms with van der Waals surface area (Å²) in [4.78, 5) is 14.2. The van der Waals surface area contributed by atoms with E-state index in [4.69, 9.17) is 0 Å². The third kappa shape index (κ3) is 5.62. The van der Waals surface area contributed by atoms with Crippen LogP contribution in [0.3, 0.4) is 0 Å². The second-order valence-corrected chi connectivity index (χ2v) is 14.4. The number of Topliss-reactive ketones (excluding diaryl/α,β-unsaturated/α-hetero) is 1. The Morgan fingerprint density at radius 1 is 0.302 bits per heavy atom. The number of fused-ring (bicyclic) bond motifs is 4.